The van der Waals surface area contributed by atoms with Crippen LogP contribution >= 0.6 is 0 Å². The van der Waals surface area contributed by atoms with E-state index in [1.165, 1.54) is 26.4 Å². The molecule has 0 saturated heterocycles. The van der Waals surface area contributed by atoms with Crippen molar-refractivity contribution in [3.05, 3.63) is 35.6 Å². The zero-order valence-corrected chi connectivity index (χ0v) is 14.8. The topological polar surface area (TPSA) is 120 Å². The molecule has 0 spiro atoms. The number of aromatic nitrogens is 1. The van der Waals surface area contributed by atoms with Crippen LogP contribution in [0, 0.1) is 6.92 Å². The minimum atomic E-state index is -3.65. The van der Waals surface area contributed by atoms with Crippen LogP contribution in [0.4, 0.5) is 5.82 Å². The van der Waals surface area contributed by atoms with Crippen LogP contribution in [0.1, 0.15) is 16.1 Å². The van der Waals surface area contributed by atoms with Crippen LogP contribution < -0.4 is 19.5 Å². The van der Waals surface area contributed by atoms with Crippen LogP contribution in [0.2, 0.25) is 0 Å². The molecule has 1 heterocycles. The van der Waals surface area contributed by atoms with Crippen LogP contribution in [-0.2, 0) is 10.0 Å². The third kappa shape index (κ3) is 5.11. The second-order valence-corrected chi connectivity index (χ2v) is 6.91. The van der Waals surface area contributed by atoms with Gasteiger partial charge in [-0.3, -0.25) is 9.52 Å². The van der Waals surface area contributed by atoms with Crippen LogP contribution in [0.5, 0.6) is 11.5 Å². The van der Waals surface area contributed by atoms with Crippen LogP contribution in [0.3, 0.4) is 0 Å². The van der Waals surface area contributed by atoms with E-state index in [-0.39, 0.29) is 18.1 Å². The summed E-state index contributed by atoms with van der Waals surface area (Å²) in [6.07, 6.45) is 0. The molecule has 0 bridgehead atoms. The molecule has 0 fully saturated rings. The Balaban J connectivity index is 1.91. The summed E-state index contributed by atoms with van der Waals surface area (Å²) < 4.78 is 41.1. The van der Waals surface area contributed by atoms with Gasteiger partial charge >= 0.3 is 0 Å². The van der Waals surface area contributed by atoms with Crippen molar-refractivity contribution in [2.75, 3.05) is 31.2 Å². The molecule has 1 amide bonds. The maximum Gasteiger partial charge on any atom is 0.251 e. The second-order valence-electron chi connectivity index (χ2n) is 5.07. The molecule has 2 aromatic rings. The van der Waals surface area contributed by atoms with E-state index >= 15 is 0 Å². The van der Waals surface area contributed by atoms with Crippen molar-refractivity contribution in [1.29, 1.82) is 0 Å². The lowest BCUT2D eigenvalue weighted by atomic mass is 10.2. The maximum atomic E-state index is 12.1. The molecule has 136 valence electrons. The number of methoxy groups -OCH3 is 2. The molecule has 1 aromatic carbocycles. The van der Waals surface area contributed by atoms with Crippen molar-refractivity contribution in [2.45, 2.75) is 6.92 Å². The Labute approximate surface area is 145 Å². The van der Waals surface area contributed by atoms with E-state index in [0.717, 1.165) is 0 Å². The third-order valence-electron chi connectivity index (χ3n) is 3.19. The number of anilines is 1. The lowest BCUT2D eigenvalue weighted by Gasteiger charge is -2.10. The summed E-state index contributed by atoms with van der Waals surface area (Å²) in [6, 6.07) is 6.12. The Morgan fingerprint density at radius 3 is 2.52 bits per heavy atom. The van der Waals surface area contributed by atoms with Crippen molar-refractivity contribution >= 4 is 21.7 Å². The lowest BCUT2D eigenvalue weighted by molar-refractivity contribution is 0.0955. The number of carbonyl (C=O) groups excluding carboxylic acids is 1. The number of aryl methyl sites for hydroxylation is 1. The number of carbonyl (C=O) groups is 1. The summed E-state index contributed by atoms with van der Waals surface area (Å²) in [7, 11) is -0.701. The third-order valence-corrected chi connectivity index (χ3v) is 4.45. The van der Waals surface area contributed by atoms with E-state index in [1.807, 2.05) is 0 Å². The minimum Gasteiger partial charge on any atom is -0.493 e. The Morgan fingerprint density at radius 2 is 1.92 bits per heavy atom. The van der Waals surface area contributed by atoms with Crippen molar-refractivity contribution in [2.24, 2.45) is 0 Å². The summed E-state index contributed by atoms with van der Waals surface area (Å²) in [4.78, 5) is 12.1. The minimum absolute atomic E-state index is 0.0701. The number of rotatable bonds is 8. The van der Waals surface area contributed by atoms with Gasteiger partial charge in [0.15, 0.2) is 17.3 Å². The molecule has 10 heteroatoms. The Bertz CT molecular complexity index is 847. The number of nitrogens with one attached hydrogen (secondary N) is 2. The van der Waals surface area contributed by atoms with Gasteiger partial charge in [-0.25, -0.2) is 8.42 Å². The van der Waals surface area contributed by atoms with Crippen molar-refractivity contribution in [1.82, 2.24) is 10.5 Å². The van der Waals surface area contributed by atoms with E-state index in [0.29, 0.717) is 22.8 Å². The molecule has 2 N–H and O–H groups in total. The highest BCUT2D eigenvalue weighted by molar-refractivity contribution is 7.92. The smallest absolute Gasteiger partial charge is 0.251 e. The van der Waals surface area contributed by atoms with Gasteiger partial charge in [0.25, 0.3) is 5.91 Å². The SMILES string of the molecule is COc1ccc(C(=O)NCCS(=O)(=O)Nc2cc(C)on2)cc1OC. The number of nitrogens with zero attached hydrogens (tertiary/aromatic N) is 1. The summed E-state index contributed by atoms with van der Waals surface area (Å²) in [6.45, 7) is 1.58. The predicted octanol–water partition coefficient (Wildman–Crippen LogP) is 1.17. The van der Waals surface area contributed by atoms with Gasteiger partial charge < -0.3 is 19.3 Å². The normalized spacial score (nSPS) is 11.0. The zero-order chi connectivity index (χ0) is 18.4. The fourth-order valence-electron chi connectivity index (χ4n) is 2.00. The number of ether oxygens (including phenoxy) is 2. The van der Waals surface area contributed by atoms with E-state index in [1.54, 1.807) is 19.1 Å². The maximum absolute atomic E-state index is 12.1. The fourth-order valence-corrected chi connectivity index (χ4v) is 2.89. The number of hydrogen-bond acceptors (Lipinski definition) is 7. The summed E-state index contributed by atoms with van der Waals surface area (Å²) in [5.41, 5.74) is 0.329. The van der Waals surface area contributed by atoms with E-state index in [9.17, 15) is 13.2 Å². The van der Waals surface area contributed by atoms with E-state index in [2.05, 4.69) is 15.2 Å². The van der Waals surface area contributed by atoms with Gasteiger partial charge in [-0.1, -0.05) is 5.16 Å². The lowest BCUT2D eigenvalue weighted by Crippen LogP contribution is -2.31. The van der Waals surface area contributed by atoms with Crippen molar-refractivity contribution < 1.29 is 27.2 Å². The molecule has 0 aliphatic rings. The fraction of sp³-hybridized carbons (Fsp3) is 0.333. The molecule has 0 unspecified atom stereocenters. The molecule has 0 radical (unpaired) electrons. The monoisotopic (exact) mass is 369 g/mol. The molecule has 0 saturated carbocycles. The zero-order valence-electron chi connectivity index (χ0n) is 14.0. The highest BCUT2D eigenvalue weighted by Crippen LogP contribution is 2.27. The molecule has 1 aromatic heterocycles. The van der Waals surface area contributed by atoms with Gasteiger partial charge in [0.2, 0.25) is 10.0 Å². The van der Waals surface area contributed by atoms with E-state index in [4.69, 9.17) is 14.0 Å². The molecular formula is C15H19N3O6S. The van der Waals surface area contributed by atoms with Crippen LogP contribution in [0.25, 0.3) is 0 Å². The number of benzene rings is 1. The molecule has 9 nitrogen and oxygen atoms in total. The standard InChI is InChI=1S/C15H19N3O6S/c1-10-8-14(17-24-10)18-25(20,21)7-6-16-15(19)11-4-5-12(22-2)13(9-11)23-3/h4-5,8-9H,6-7H2,1-3H3,(H,16,19)(H,17,18). The first-order chi connectivity index (χ1) is 11.8. The Morgan fingerprint density at radius 1 is 1.20 bits per heavy atom. The first kappa shape index (κ1) is 18.6. The Hall–Kier alpha value is -2.75. The summed E-state index contributed by atoms with van der Waals surface area (Å²) in [5, 5.41) is 6.09. The first-order valence-corrected chi connectivity index (χ1v) is 8.94. The van der Waals surface area contributed by atoms with Crippen molar-refractivity contribution in [3.8, 4) is 11.5 Å². The Kier molecular flexibility index (Phi) is 5.86. The average molecular weight is 369 g/mol. The van der Waals surface area contributed by atoms with Crippen LogP contribution in [-0.4, -0.2) is 46.0 Å². The quantitative estimate of drug-likeness (QED) is 0.717. The molecule has 0 aliphatic carbocycles. The average Bonchev–Trinajstić information content (AvgIpc) is 2.97. The second kappa shape index (κ2) is 7.88. The predicted molar refractivity (Wildman–Crippen MR) is 90.5 cm³/mol. The summed E-state index contributed by atoms with van der Waals surface area (Å²) >= 11 is 0. The van der Waals surface area contributed by atoms with Gasteiger partial charge in [0.1, 0.15) is 5.76 Å². The first-order valence-electron chi connectivity index (χ1n) is 7.28. The molecule has 2 rings (SSSR count). The number of amides is 1. The van der Waals surface area contributed by atoms with Crippen molar-refractivity contribution in [3.63, 3.8) is 0 Å². The molecule has 25 heavy (non-hydrogen) atoms. The van der Waals surface area contributed by atoms with Gasteiger partial charge in [-0.05, 0) is 25.1 Å². The molecular weight excluding hydrogens is 350 g/mol. The van der Waals surface area contributed by atoms with Gasteiger partial charge in [-0.2, -0.15) is 0 Å². The highest BCUT2D eigenvalue weighted by atomic mass is 32.2. The van der Waals surface area contributed by atoms with Gasteiger partial charge in [0, 0.05) is 18.2 Å². The summed E-state index contributed by atoms with van der Waals surface area (Å²) in [5.74, 6) is 0.758. The molecule has 0 atom stereocenters. The van der Waals surface area contributed by atoms with Gasteiger partial charge in [0.05, 0.1) is 20.0 Å². The van der Waals surface area contributed by atoms with E-state index < -0.39 is 15.9 Å². The van der Waals surface area contributed by atoms with Crippen LogP contribution in [0.15, 0.2) is 28.8 Å². The highest BCUT2D eigenvalue weighted by Gasteiger charge is 2.15. The molecule has 0 aliphatic heterocycles. The largest absolute Gasteiger partial charge is 0.493 e. The van der Waals surface area contributed by atoms with Gasteiger partial charge in [-0.15, -0.1) is 0 Å². The number of sulfonamides is 1. The number of hydrogen-bond donors (Lipinski definition) is 2.